The number of nitrogens with one attached hydrogen (secondary N) is 2. The molecule has 0 bridgehead atoms. The number of imidazole rings is 1. The lowest BCUT2D eigenvalue weighted by molar-refractivity contribution is -0.384. The van der Waals surface area contributed by atoms with Crippen LogP contribution in [0.2, 0.25) is 0 Å². The standard InChI is InChI=1S/C13H14N4O3/c1-8-7-10(17(19)20)3-4-11(8)13(18)16-9(2)12-14-5-6-15-12/h3-7,9H,1-2H3,(H,14,15)(H,16,18). The Morgan fingerprint density at radius 3 is 2.80 bits per heavy atom. The number of carbonyl (C=O) groups excluding carboxylic acids is 1. The third-order valence-corrected chi connectivity index (χ3v) is 2.94. The van der Waals surface area contributed by atoms with Gasteiger partial charge in [-0.25, -0.2) is 4.98 Å². The number of amides is 1. The van der Waals surface area contributed by atoms with E-state index in [0.717, 1.165) is 0 Å². The highest BCUT2D eigenvalue weighted by Crippen LogP contribution is 2.18. The van der Waals surface area contributed by atoms with Gasteiger partial charge in [0, 0.05) is 30.1 Å². The second-order valence-corrected chi connectivity index (χ2v) is 4.43. The Morgan fingerprint density at radius 2 is 2.25 bits per heavy atom. The van der Waals surface area contributed by atoms with Gasteiger partial charge < -0.3 is 10.3 Å². The molecule has 7 nitrogen and oxygen atoms in total. The predicted molar refractivity (Wildman–Crippen MR) is 72.3 cm³/mol. The molecule has 0 aliphatic heterocycles. The van der Waals surface area contributed by atoms with Crippen LogP contribution in [0.5, 0.6) is 0 Å². The topological polar surface area (TPSA) is 101 Å². The molecule has 2 rings (SSSR count). The molecule has 1 atom stereocenters. The minimum Gasteiger partial charge on any atom is -0.347 e. The molecule has 1 aromatic carbocycles. The fourth-order valence-electron chi connectivity index (χ4n) is 1.87. The Hall–Kier alpha value is -2.70. The molecule has 1 aromatic heterocycles. The number of hydrogen-bond donors (Lipinski definition) is 2. The minimum absolute atomic E-state index is 0.0295. The first kappa shape index (κ1) is 13.7. The van der Waals surface area contributed by atoms with Gasteiger partial charge in [0.2, 0.25) is 0 Å². The first-order valence-electron chi connectivity index (χ1n) is 6.04. The second kappa shape index (κ2) is 5.52. The van der Waals surface area contributed by atoms with Gasteiger partial charge in [-0.3, -0.25) is 14.9 Å². The Morgan fingerprint density at radius 1 is 1.50 bits per heavy atom. The van der Waals surface area contributed by atoms with Crippen molar-refractivity contribution in [3.8, 4) is 0 Å². The monoisotopic (exact) mass is 274 g/mol. The van der Waals surface area contributed by atoms with Crippen molar-refractivity contribution in [2.24, 2.45) is 0 Å². The van der Waals surface area contributed by atoms with E-state index >= 15 is 0 Å². The summed E-state index contributed by atoms with van der Waals surface area (Å²) >= 11 is 0. The van der Waals surface area contributed by atoms with Crippen LogP contribution in [-0.4, -0.2) is 20.8 Å². The molecule has 20 heavy (non-hydrogen) atoms. The summed E-state index contributed by atoms with van der Waals surface area (Å²) in [5.41, 5.74) is 0.940. The van der Waals surface area contributed by atoms with E-state index in [-0.39, 0.29) is 17.6 Å². The SMILES string of the molecule is Cc1cc([N+](=O)[O-])ccc1C(=O)NC(C)c1ncc[nH]1. The van der Waals surface area contributed by atoms with Gasteiger partial charge in [0.25, 0.3) is 11.6 Å². The van der Waals surface area contributed by atoms with E-state index in [4.69, 9.17) is 0 Å². The lowest BCUT2D eigenvalue weighted by Gasteiger charge is -2.12. The second-order valence-electron chi connectivity index (χ2n) is 4.43. The molecule has 1 heterocycles. The number of aryl methyl sites for hydroxylation is 1. The fourth-order valence-corrected chi connectivity index (χ4v) is 1.87. The van der Waals surface area contributed by atoms with Gasteiger partial charge in [-0.1, -0.05) is 0 Å². The van der Waals surface area contributed by atoms with E-state index in [0.29, 0.717) is 17.0 Å². The van der Waals surface area contributed by atoms with Crippen LogP contribution in [0.15, 0.2) is 30.6 Å². The molecule has 2 aromatic rings. The van der Waals surface area contributed by atoms with Gasteiger partial charge >= 0.3 is 0 Å². The van der Waals surface area contributed by atoms with Crippen molar-refractivity contribution in [1.29, 1.82) is 0 Å². The lowest BCUT2D eigenvalue weighted by atomic mass is 10.1. The van der Waals surface area contributed by atoms with Gasteiger partial charge in [-0.05, 0) is 25.5 Å². The zero-order chi connectivity index (χ0) is 14.7. The summed E-state index contributed by atoms with van der Waals surface area (Å²) in [4.78, 5) is 29.3. The average molecular weight is 274 g/mol. The number of aromatic amines is 1. The maximum Gasteiger partial charge on any atom is 0.269 e. The first-order chi connectivity index (χ1) is 9.49. The number of benzene rings is 1. The molecule has 0 radical (unpaired) electrons. The number of nitrogens with zero attached hydrogens (tertiary/aromatic N) is 2. The maximum atomic E-state index is 12.1. The summed E-state index contributed by atoms with van der Waals surface area (Å²) in [5, 5.41) is 13.4. The molecule has 1 amide bonds. The molecule has 0 fully saturated rings. The number of non-ortho nitro benzene ring substituents is 1. The van der Waals surface area contributed by atoms with E-state index < -0.39 is 4.92 Å². The molecule has 104 valence electrons. The summed E-state index contributed by atoms with van der Waals surface area (Å²) in [6.45, 7) is 3.47. The van der Waals surface area contributed by atoms with Crippen LogP contribution in [-0.2, 0) is 0 Å². The Kier molecular flexibility index (Phi) is 3.79. The summed E-state index contributed by atoms with van der Waals surface area (Å²) in [5.74, 6) is 0.360. The van der Waals surface area contributed by atoms with Crippen LogP contribution >= 0.6 is 0 Å². The van der Waals surface area contributed by atoms with Crippen molar-refractivity contribution in [2.45, 2.75) is 19.9 Å². The normalized spacial score (nSPS) is 11.9. The molecule has 1 unspecified atom stereocenters. The van der Waals surface area contributed by atoms with E-state index in [2.05, 4.69) is 15.3 Å². The number of H-pyrrole nitrogens is 1. The van der Waals surface area contributed by atoms with E-state index in [1.807, 2.05) is 0 Å². The molecule has 0 aliphatic rings. The van der Waals surface area contributed by atoms with Gasteiger partial charge in [0.05, 0.1) is 11.0 Å². The first-order valence-corrected chi connectivity index (χ1v) is 6.04. The molecular formula is C13H14N4O3. The van der Waals surface area contributed by atoms with Gasteiger partial charge in [-0.2, -0.15) is 0 Å². The van der Waals surface area contributed by atoms with Crippen LogP contribution in [0.25, 0.3) is 0 Å². The number of hydrogen-bond acceptors (Lipinski definition) is 4. The van der Waals surface area contributed by atoms with Crippen molar-refractivity contribution in [3.05, 3.63) is 57.7 Å². The maximum absolute atomic E-state index is 12.1. The number of aromatic nitrogens is 2. The average Bonchev–Trinajstić information content (AvgIpc) is 2.92. The van der Waals surface area contributed by atoms with Crippen molar-refractivity contribution < 1.29 is 9.72 Å². The van der Waals surface area contributed by atoms with Crippen molar-refractivity contribution in [1.82, 2.24) is 15.3 Å². The Labute approximate surface area is 115 Å². The summed E-state index contributed by atoms with van der Waals surface area (Å²) in [6, 6.07) is 3.89. The third-order valence-electron chi connectivity index (χ3n) is 2.94. The number of carbonyl (C=O) groups is 1. The predicted octanol–water partition coefficient (Wildman–Crippen LogP) is 2.12. The summed E-state index contributed by atoms with van der Waals surface area (Å²) < 4.78 is 0. The van der Waals surface area contributed by atoms with E-state index in [1.165, 1.54) is 18.2 Å². The summed E-state index contributed by atoms with van der Waals surface area (Å²) in [7, 11) is 0. The van der Waals surface area contributed by atoms with E-state index in [1.54, 1.807) is 26.2 Å². The Bertz CT molecular complexity index is 637. The minimum atomic E-state index is -0.486. The molecule has 2 N–H and O–H groups in total. The van der Waals surface area contributed by atoms with Crippen molar-refractivity contribution >= 4 is 11.6 Å². The van der Waals surface area contributed by atoms with Crippen LogP contribution in [0.1, 0.15) is 34.7 Å². The number of nitro benzene ring substituents is 1. The van der Waals surface area contributed by atoms with Crippen molar-refractivity contribution in [2.75, 3.05) is 0 Å². The largest absolute Gasteiger partial charge is 0.347 e. The molecule has 0 aliphatic carbocycles. The third kappa shape index (κ3) is 2.82. The van der Waals surface area contributed by atoms with Crippen LogP contribution in [0.3, 0.4) is 0 Å². The van der Waals surface area contributed by atoms with Crippen molar-refractivity contribution in [3.63, 3.8) is 0 Å². The van der Waals surface area contributed by atoms with Crippen LogP contribution in [0, 0.1) is 17.0 Å². The zero-order valence-electron chi connectivity index (χ0n) is 11.1. The van der Waals surface area contributed by atoms with E-state index in [9.17, 15) is 14.9 Å². The lowest BCUT2D eigenvalue weighted by Crippen LogP contribution is -2.27. The molecule has 0 saturated heterocycles. The van der Waals surface area contributed by atoms with Gasteiger partial charge in [0.15, 0.2) is 0 Å². The van der Waals surface area contributed by atoms with Crippen LogP contribution < -0.4 is 5.32 Å². The quantitative estimate of drug-likeness (QED) is 0.658. The highest BCUT2D eigenvalue weighted by atomic mass is 16.6. The molecule has 0 spiro atoms. The number of nitro groups is 1. The van der Waals surface area contributed by atoms with Gasteiger partial charge in [0.1, 0.15) is 5.82 Å². The van der Waals surface area contributed by atoms with Gasteiger partial charge in [-0.15, -0.1) is 0 Å². The smallest absolute Gasteiger partial charge is 0.269 e. The fraction of sp³-hybridized carbons (Fsp3) is 0.231. The van der Waals surface area contributed by atoms with Crippen LogP contribution in [0.4, 0.5) is 5.69 Å². The Balaban J connectivity index is 2.15. The zero-order valence-corrected chi connectivity index (χ0v) is 11.1. The molecule has 0 saturated carbocycles. The molecule has 7 heteroatoms. The number of rotatable bonds is 4. The summed E-state index contributed by atoms with van der Waals surface area (Å²) in [6.07, 6.45) is 3.28. The highest BCUT2D eigenvalue weighted by Gasteiger charge is 2.16. The molecular weight excluding hydrogens is 260 g/mol. The highest BCUT2D eigenvalue weighted by molar-refractivity contribution is 5.96.